The molecule has 1 amide bonds. The Labute approximate surface area is 195 Å². The molecule has 1 fully saturated rings. The predicted molar refractivity (Wildman–Crippen MR) is 132 cm³/mol. The van der Waals surface area contributed by atoms with Crippen molar-refractivity contribution in [1.82, 2.24) is 10.6 Å². The first-order valence-electron chi connectivity index (χ1n) is 11.3. The molecule has 1 aliphatic rings. The van der Waals surface area contributed by atoms with Gasteiger partial charge in [0.1, 0.15) is 0 Å². The molecule has 1 saturated heterocycles. The molecule has 4 nitrogen and oxygen atoms in total. The Morgan fingerprint density at radius 3 is 2.28 bits per heavy atom. The van der Waals surface area contributed by atoms with E-state index < -0.39 is 0 Å². The van der Waals surface area contributed by atoms with Crippen LogP contribution < -0.4 is 15.5 Å². The Bertz CT molecular complexity index is 999. The summed E-state index contributed by atoms with van der Waals surface area (Å²) in [5.41, 5.74) is 4.61. The lowest BCUT2D eigenvalue weighted by molar-refractivity contribution is -0.120. The Balaban J connectivity index is 1.20. The first-order valence-corrected chi connectivity index (χ1v) is 11.7. The van der Waals surface area contributed by atoms with Crippen molar-refractivity contribution in [2.45, 2.75) is 38.4 Å². The van der Waals surface area contributed by atoms with Gasteiger partial charge in [-0.3, -0.25) is 4.79 Å². The number of nitrogens with zero attached hydrogens (tertiary/aromatic N) is 1. The van der Waals surface area contributed by atoms with E-state index in [4.69, 9.17) is 11.6 Å². The maximum atomic E-state index is 12.3. The fraction of sp³-hybridized carbons (Fsp3) is 0.296. The van der Waals surface area contributed by atoms with Gasteiger partial charge < -0.3 is 15.5 Å². The highest BCUT2D eigenvalue weighted by molar-refractivity contribution is 6.30. The molecule has 3 aromatic carbocycles. The van der Waals surface area contributed by atoms with Gasteiger partial charge in [-0.15, -0.1) is 0 Å². The molecule has 0 atom stereocenters. The quantitative estimate of drug-likeness (QED) is 0.513. The van der Waals surface area contributed by atoms with Crippen LogP contribution in [-0.4, -0.2) is 25.0 Å². The smallest absolute Gasteiger partial charge is 0.224 e. The highest BCUT2D eigenvalue weighted by atomic mass is 35.5. The molecule has 0 aliphatic carbocycles. The molecule has 166 valence electrons. The minimum atomic E-state index is 0.0493. The minimum Gasteiger partial charge on any atom is -0.371 e. The maximum Gasteiger partial charge on any atom is 0.224 e. The number of carbonyl (C=O) groups is 1. The molecule has 1 aliphatic heterocycles. The lowest BCUT2D eigenvalue weighted by atomic mass is 10.0. The van der Waals surface area contributed by atoms with Crippen molar-refractivity contribution in [2.75, 3.05) is 18.0 Å². The van der Waals surface area contributed by atoms with Crippen LogP contribution in [0.5, 0.6) is 0 Å². The van der Waals surface area contributed by atoms with Gasteiger partial charge in [0.15, 0.2) is 0 Å². The summed E-state index contributed by atoms with van der Waals surface area (Å²) in [6.45, 7) is 3.48. The monoisotopic (exact) mass is 447 g/mol. The van der Waals surface area contributed by atoms with Crippen molar-refractivity contribution in [3.05, 3.63) is 101 Å². The SMILES string of the molecule is O=C(Cc1ccc(N2CCC(NCc3cccc(Cl)c3)CC2)cc1)NCc1ccccc1. The van der Waals surface area contributed by atoms with Crippen LogP contribution in [0.3, 0.4) is 0 Å². The van der Waals surface area contributed by atoms with Gasteiger partial charge in [-0.25, -0.2) is 0 Å². The van der Waals surface area contributed by atoms with E-state index in [1.54, 1.807) is 0 Å². The van der Waals surface area contributed by atoms with E-state index in [2.05, 4.69) is 45.9 Å². The first kappa shape index (κ1) is 22.4. The second kappa shape index (κ2) is 11.2. The molecule has 2 N–H and O–H groups in total. The largest absolute Gasteiger partial charge is 0.371 e. The number of rotatable bonds is 8. The van der Waals surface area contributed by atoms with Crippen molar-refractivity contribution in [3.63, 3.8) is 0 Å². The average Bonchev–Trinajstić information content (AvgIpc) is 2.83. The zero-order valence-electron chi connectivity index (χ0n) is 18.3. The van der Waals surface area contributed by atoms with Crippen LogP contribution >= 0.6 is 11.6 Å². The van der Waals surface area contributed by atoms with Gasteiger partial charge in [0, 0.05) is 42.9 Å². The number of carbonyl (C=O) groups excluding carboxylic acids is 1. The second-order valence-corrected chi connectivity index (χ2v) is 8.81. The van der Waals surface area contributed by atoms with Gasteiger partial charge in [0.05, 0.1) is 6.42 Å². The Hall–Kier alpha value is -2.82. The summed E-state index contributed by atoms with van der Waals surface area (Å²) in [5.74, 6) is 0.0493. The maximum absolute atomic E-state index is 12.3. The molecule has 3 aromatic rings. The number of halogens is 1. The van der Waals surface area contributed by atoms with Crippen LogP contribution in [0.1, 0.15) is 29.5 Å². The summed E-state index contributed by atoms with van der Waals surface area (Å²) in [7, 11) is 0. The molecule has 0 saturated carbocycles. The molecular formula is C27H30ClN3O. The Morgan fingerprint density at radius 1 is 0.844 bits per heavy atom. The molecule has 0 spiro atoms. The van der Waals surface area contributed by atoms with E-state index in [9.17, 15) is 4.79 Å². The lowest BCUT2D eigenvalue weighted by Gasteiger charge is -2.34. The van der Waals surface area contributed by atoms with Crippen molar-refractivity contribution in [1.29, 1.82) is 0 Å². The van der Waals surface area contributed by atoms with E-state index >= 15 is 0 Å². The first-order chi connectivity index (χ1) is 15.7. The molecular weight excluding hydrogens is 418 g/mol. The van der Waals surface area contributed by atoms with Crippen LogP contribution in [0, 0.1) is 0 Å². The predicted octanol–water partition coefficient (Wildman–Crippen LogP) is 4.96. The zero-order valence-corrected chi connectivity index (χ0v) is 19.0. The fourth-order valence-electron chi connectivity index (χ4n) is 4.12. The molecule has 4 rings (SSSR count). The van der Waals surface area contributed by atoms with E-state index in [0.29, 0.717) is 19.0 Å². The van der Waals surface area contributed by atoms with Crippen LogP contribution in [0.4, 0.5) is 5.69 Å². The summed E-state index contributed by atoms with van der Waals surface area (Å²) in [6, 6.07) is 27.0. The van der Waals surface area contributed by atoms with Crippen LogP contribution in [-0.2, 0) is 24.3 Å². The van der Waals surface area contributed by atoms with E-state index in [1.165, 1.54) is 11.3 Å². The molecule has 0 radical (unpaired) electrons. The average molecular weight is 448 g/mol. The summed E-state index contributed by atoms with van der Waals surface area (Å²) < 4.78 is 0. The third kappa shape index (κ3) is 6.59. The number of nitrogens with one attached hydrogen (secondary N) is 2. The Morgan fingerprint density at radius 2 is 1.56 bits per heavy atom. The summed E-state index contributed by atoms with van der Waals surface area (Å²) >= 11 is 6.08. The Kier molecular flexibility index (Phi) is 7.81. The van der Waals surface area contributed by atoms with Gasteiger partial charge in [-0.2, -0.15) is 0 Å². The third-order valence-electron chi connectivity index (χ3n) is 5.98. The standard InChI is InChI=1S/C27H30ClN3O/c28-24-8-4-7-23(17-24)20-29-25-13-15-31(16-14-25)26-11-9-21(10-12-26)18-27(32)30-19-22-5-2-1-3-6-22/h1-12,17,25,29H,13-16,18-20H2,(H,30,32). The van der Waals surface area contributed by atoms with E-state index in [0.717, 1.165) is 48.6 Å². The third-order valence-corrected chi connectivity index (χ3v) is 6.21. The number of anilines is 1. The minimum absolute atomic E-state index is 0.0493. The highest BCUT2D eigenvalue weighted by Gasteiger charge is 2.19. The van der Waals surface area contributed by atoms with Crippen LogP contribution in [0.2, 0.25) is 5.02 Å². The van der Waals surface area contributed by atoms with Gasteiger partial charge in [-0.1, -0.05) is 66.2 Å². The van der Waals surface area contributed by atoms with Crippen molar-refractivity contribution in [2.24, 2.45) is 0 Å². The summed E-state index contributed by atoms with van der Waals surface area (Å²) in [5, 5.41) is 7.44. The number of hydrogen-bond donors (Lipinski definition) is 2. The van der Waals surface area contributed by atoms with Gasteiger partial charge >= 0.3 is 0 Å². The molecule has 5 heteroatoms. The topological polar surface area (TPSA) is 44.4 Å². The van der Waals surface area contributed by atoms with Crippen LogP contribution in [0.15, 0.2) is 78.9 Å². The number of amides is 1. The van der Waals surface area contributed by atoms with Crippen LogP contribution in [0.25, 0.3) is 0 Å². The van der Waals surface area contributed by atoms with Crippen molar-refractivity contribution >= 4 is 23.2 Å². The van der Waals surface area contributed by atoms with E-state index in [-0.39, 0.29) is 5.91 Å². The van der Waals surface area contributed by atoms with Crippen molar-refractivity contribution in [3.8, 4) is 0 Å². The molecule has 32 heavy (non-hydrogen) atoms. The lowest BCUT2D eigenvalue weighted by Crippen LogP contribution is -2.42. The van der Waals surface area contributed by atoms with Crippen molar-refractivity contribution < 1.29 is 4.79 Å². The fourth-order valence-corrected chi connectivity index (χ4v) is 4.33. The van der Waals surface area contributed by atoms with Gasteiger partial charge in [0.25, 0.3) is 0 Å². The summed E-state index contributed by atoms with van der Waals surface area (Å²) in [6.07, 6.45) is 2.64. The second-order valence-electron chi connectivity index (χ2n) is 8.38. The number of hydrogen-bond acceptors (Lipinski definition) is 3. The highest BCUT2D eigenvalue weighted by Crippen LogP contribution is 2.21. The molecule has 0 bridgehead atoms. The molecule has 1 heterocycles. The van der Waals surface area contributed by atoms with Gasteiger partial charge in [-0.05, 0) is 53.8 Å². The number of piperidine rings is 1. The molecule has 0 unspecified atom stereocenters. The summed E-state index contributed by atoms with van der Waals surface area (Å²) in [4.78, 5) is 14.7. The van der Waals surface area contributed by atoms with Gasteiger partial charge in [0.2, 0.25) is 5.91 Å². The normalized spacial score (nSPS) is 14.3. The number of benzene rings is 3. The van der Waals surface area contributed by atoms with E-state index in [1.807, 2.05) is 48.5 Å². The zero-order chi connectivity index (χ0) is 22.2. The molecule has 0 aromatic heterocycles.